The molecule has 1 aliphatic heterocycles. The minimum absolute atomic E-state index is 0.175. The summed E-state index contributed by atoms with van der Waals surface area (Å²) in [6, 6.07) is 16.4. The van der Waals surface area contributed by atoms with E-state index in [0.29, 0.717) is 17.9 Å². The normalized spacial score (nSPS) is 16.0. The number of anilines is 1. The van der Waals surface area contributed by atoms with Crippen LogP contribution in [0, 0.1) is 0 Å². The van der Waals surface area contributed by atoms with E-state index < -0.39 is 0 Å². The van der Waals surface area contributed by atoms with Gasteiger partial charge in [-0.25, -0.2) is 9.97 Å². The molecule has 7 nitrogen and oxygen atoms in total. The molecule has 0 spiro atoms. The third-order valence-corrected chi connectivity index (χ3v) is 5.61. The number of hydrogen-bond donors (Lipinski definition) is 1. The molecule has 5 rings (SSSR count). The van der Waals surface area contributed by atoms with Crippen LogP contribution < -0.4 is 10.1 Å². The minimum atomic E-state index is 0.175. The van der Waals surface area contributed by atoms with Gasteiger partial charge in [-0.15, -0.1) is 0 Å². The van der Waals surface area contributed by atoms with Crippen molar-refractivity contribution in [2.24, 2.45) is 0 Å². The monoisotopic (exact) mass is 404 g/mol. The van der Waals surface area contributed by atoms with E-state index in [-0.39, 0.29) is 6.04 Å². The van der Waals surface area contributed by atoms with Gasteiger partial charge in [-0.1, -0.05) is 24.3 Å². The Balaban J connectivity index is 1.44. The van der Waals surface area contributed by atoms with Gasteiger partial charge in [0.15, 0.2) is 11.4 Å². The Morgan fingerprint density at radius 1 is 1.07 bits per heavy atom. The van der Waals surface area contributed by atoms with Crippen molar-refractivity contribution in [2.45, 2.75) is 6.04 Å². The number of para-hydroxylation sites is 1. The van der Waals surface area contributed by atoms with Crippen LogP contribution in [0.15, 0.2) is 59.3 Å². The molecule has 0 radical (unpaired) electrons. The zero-order valence-corrected chi connectivity index (χ0v) is 16.9. The molecule has 1 unspecified atom stereocenters. The lowest BCUT2D eigenvalue weighted by Gasteiger charge is -2.35. The molecule has 0 saturated carbocycles. The highest BCUT2D eigenvalue weighted by molar-refractivity contribution is 6.05. The summed E-state index contributed by atoms with van der Waals surface area (Å²) in [6.07, 6.45) is 1.59. The average Bonchev–Trinajstić information content (AvgIpc) is 3.20. The standard InChI is InChI=1S/C23H24N4O3/c1-28-17-8-6-16(7-9-17)19(27-10-12-29-13-11-27)14-24-23-22-21(25-15-26-23)18-4-2-3-5-20(18)30-22/h2-9,15,19H,10-14H2,1H3,(H,24,25,26). The van der Waals surface area contributed by atoms with E-state index in [1.807, 2.05) is 36.4 Å². The average molecular weight is 404 g/mol. The molecule has 2 aromatic carbocycles. The third-order valence-electron chi connectivity index (χ3n) is 5.61. The molecule has 0 aliphatic carbocycles. The number of fused-ring (bicyclic) bond motifs is 3. The highest BCUT2D eigenvalue weighted by Gasteiger charge is 2.23. The van der Waals surface area contributed by atoms with Crippen molar-refractivity contribution in [3.8, 4) is 5.75 Å². The second kappa shape index (κ2) is 8.30. The molecule has 1 saturated heterocycles. The summed E-state index contributed by atoms with van der Waals surface area (Å²) in [7, 11) is 1.68. The fourth-order valence-corrected chi connectivity index (χ4v) is 4.02. The van der Waals surface area contributed by atoms with Gasteiger partial charge >= 0.3 is 0 Å². The SMILES string of the molecule is COc1ccc(C(CNc2ncnc3c2oc2ccccc23)N2CCOCC2)cc1. The molecule has 0 bridgehead atoms. The van der Waals surface area contributed by atoms with Crippen molar-refractivity contribution in [3.63, 3.8) is 0 Å². The summed E-state index contributed by atoms with van der Waals surface area (Å²) < 4.78 is 16.9. The molecule has 7 heteroatoms. The molecule has 1 atom stereocenters. The first kappa shape index (κ1) is 18.8. The largest absolute Gasteiger partial charge is 0.497 e. The van der Waals surface area contributed by atoms with Crippen molar-refractivity contribution in [1.29, 1.82) is 0 Å². The number of morpholine rings is 1. The number of hydrogen-bond acceptors (Lipinski definition) is 7. The van der Waals surface area contributed by atoms with Gasteiger partial charge in [-0.3, -0.25) is 4.90 Å². The number of rotatable bonds is 6. The lowest BCUT2D eigenvalue weighted by Crippen LogP contribution is -2.41. The van der Waals surface area contributed by atoms with Gasteiger partial charge in [-0.05, 0) is 29.8 Å². The van der Waals surface area contributed by atoms with Gasteiger partial charge in [0.05, 0.1) is 26.4 Å². The predicted molar refractivity (Wildman–Crippen MR) is 116 cm³/mol. The molecule has 154 valence electrons. The van der Waals surface area contributed by atoms with Gasteiger partial charge in [-0.2, -0.15) is 0 Å². The van der Waals surface area contributed by atoms with E-state index in [4.69, 9.17) is 13.9 Å². The number of aromatic nitrogens is 2. The second-order valence-corrected chi connectivity index (χ2v) is 7.32. The van der Waals surface area contributed by atoms with Crippen LogP contribution in [0.2, 0.25) is 0 Å². The maximum atomic E-state index is 6.06. The van der Waals surface area contributed by atoms with Crippen molar-refractivity contribution in [2.75, 3.05) is 45.3 Å². The quantitative estimate of drug-likeness (QED) is 0.523. The molecule has 30 heavy (non-hydrogen) atoms. The summed E-state index contributed by atoms with van der Waals surface area (Å²) in [4.78, 5) is 11.3. The Morgan fingerprint density at radius 3 is 2.67 bits per heavy atom. The highest BCUT2D eigenvalue weighted by Crippen LogP contribution is 2.31. The number of nitrogens with one attached hydrogen (secondary N) is 1. The summed E-state index contributed by atoms with van der Waals surface area (Å²) in [5.74, 6) is 1.56. The zero-order valence-electron chi connectivity index (χ0n) is 16.9. The fraction of sp³-hybridized carbons (Fsp3) is 0.304. The smallest absolute Gasteiger partial charge is 0.196 e. The van der Waals surface area contributed by atoms with Crippen LogP contribution in [-0.2, 0) is 4.74 Å². The molecular weight excluding hydrogens is 380 g/mol. The Labute approximate surface area is 174 Å². The molecule has 1 N–H and O–H groups in total. The lowest BCUT2D eigenvalue weighted by atomic mass is 10.0. The first-order valence-corrected chi connectivity index (χ1v) is 10.2. The van der Waals surface area contributed by atoms with Crippen LogP contribution in [0.5, 0.6) is 5.75 Å². The topological polar surface area (TPSA) is 72.7 Å². The van der Waals surface area contributed by atoms with E-state index >= 15 is 0 Å². The minimum Gasteiger partial charge on any atom is -0.497 e. The first-order chi connectivity index (χ1) is 14.8. The Kier molecular flexibility index (Phi) is 5.21. The summed E-state index contributed by atoms with van der Waals surface area (Å²) in [6.45, 7) is 3.96. The van der Waals surface area contributed by atoms with Gasteiger partial charge in [0, 0.05) is 25.0 Å². The number of furan rings is 1. The van der Waals surface area contributed by atoms with Crippen LogP contribution in [0.1, 0.15) is 11.6 Å². The van der Waals surface area contributed by atoms with E-state index in [0.717, 1.165) is 48.5 Å². The fourth-order valence-electron chi connectivity index (χ4n) is 4.02. The van der Waals surface area contributed by atoms with Crippen LogP contribution in [-0.4, -0.2) is 54.8 Å². The van der Waals surface area contributed by atoms with E-state index in [1.54, 1.807) is 13.4 Å². The van der Waals surface area contributed by atoms with Crippen LogP contribution in [0.4, 0.5) is 5.82 Å². The van der Waals surface area contributed by atoms with Crippen molar-refractivity contribution < 1.29 is 13.9 Å². The van der Waals surface area contributed by atoms with E-state index in [2.05, 4.69) is 32.3 Å². The molecule has 2 aromatic heterocycles. The van der Waals surface area contributed by atoms with Crippen molar-refractivity contribution >= 4 is 27.9 Å². The van der Waals surface area contributed by atoms with E-state index in [9.17, 15) is 0 Å². The summed E-state index contributed by atoms with van der Waals surface area (Å²) in [5.41, 5.74) is 3.56. The molecule has 4 aromatic rings. The Hall–Kier alpha value is -3.16. The number of nitrogens with zero attached hydrogens (tertiary/aromatic N) is 3. The van der Waals surface area contributed by atoms with Crippen LogP contribution in [0.3, 0.4) is 0 Å². The molecule has 3 heterocycles. The zero-order chi connectivity index (χ0) is 20.3. The number of ether oxygens (including phenoxy) is 2. The highest BCUT2D eigenvalue weighted by atomic mass is 16.5. The van der Waals surface area contributed by atoms with Crippen LogP contribution >= 0.6 is 0 Å². The number of benzene rings is 2. The van der Waals surface area contributed by atoms with E-state index in [1.165, 1.54) is 5.56 Å². The molecular formula is C23H24N4O3. The Bertz CT molecular complexity index is 1140. The van der Waals surface area contributed by atoms with Crippen molar-refractivity contribution in [3.05, 3.63) is 60.4 Å². The Morgan fingerprint density at radius 2 is 1.87 bits per heavy atom. The lowest BCUT2D eigenvalue weighted by molar-refractivity contribution is 0.0187. The third kappa shape index (κ3) is 3.58. The molecule has 0 amide bonds. The molecule has 1 fully saturated rings. The predicted octanol–water partition coefficient (Wildman–Crippen LogP) is 3.87. The second-order valence-electron chi connectivity index (χ2n) is 7.32. The van der Waals surface area contributed by atoms with Gasteiger partial charge < -0.3 is 19.2 Å². The first-order valence-electron chi connectivity index (χ1n) is 10.2. The van der Waals surface area contributed by atoms with Gasteiger partial charge in [0.25, 0.3) is 0 Å². The summed E-state index contributed by atoms with van der Waals surface area (Å²) >= 11 is 0. The number of methoxy groups -OCH3 is 1. The van der Waals surface area contributed by atoms with Crippen LogP contribution in [0.25, 0.3) is 22.1 Å². The van der Waals surface area contributed by atoms with Crippen molar-refractivity contribution in [1.82, 2.24) is 14.9 Å². The molecule has 1 aliphatic rings. The maximum absolute atomic E-state index is 6.06. The van der Waals surface area contributed by atoms with Gasteiger partial charge in [0.1, 0.15) is 23.2 Å². The summed E-state index contributed by atoms with van der Waals surface area (Å²) in [5, 5.41) is 4.51. The maximum Gasteiger partial charge on any atom is 0.196 e. The van der Waals surface area contributed by atoms with Gasteiger partial charge in [0.2, 0.25) is 0 Å².